The van der Waals surface area contributed by atoms with Gasteiger partial charge in [0.25, 0.3) is 5.91 Å². The van der Waals surface area contributed by atoms with E-state index in [0.29, 0.717) is 30.8 Å². The number of hydrogen-bond acceptors (Lipinski definition) is 3. The molecule has 0 fully saturated rings. The van der Waals surface area contributed by atoms with Gasteiger partial charge in [0.05, 0.1) is 11.6 Å². The Morgan fingerprint density at radius 2 is 1.87 bits per heavy atom. The van der Waals surface area contributed by atoms with Crippen LogP contribution < -0.4 is 5.32 Å². The van der Waals surface area contributed by atoms with Gasteiger partial charge in [-0.05, 0) is 36.2 Å². The molecule has 2 heterocycles. The van der Waals surface area contributed by atoms with Crippen molar-refractivity contribution in [2.45, 2.75) is 18.9 Å². The van der Waals surface area contributed by atoms with Gasteiger partial charge < -0.3 is 10.2 Å². The molecule has 4 rings (SSSR count). The van der Waals surface area contributed by atoms with Crippen LogP contribution in [0.1, 0.15) is 33.1 Å². The van der Waals surface area contributed by atoms with Gasteiger partial charge in [-0.1, -0.05) is 30.3 Å². The zero-order valence-corrected chi connectivity index (χ0v) is 16.7. The minimum atomic E-state index is -0.532. The maximum atomic E-state index is 13.0. The van der Waals surface area contributed by atoms with E-state index in [1.165, 1.54) is 12.1 Å². The molecule has 1 aromatic heterocycles. The molecule has 0 bridgehead atoms. The fraction of sp³-hybridized carbons (Fsp3) is 0.261. The Balaban J connectivity index is 1.47. The molecule has 0 aliphatic carbocycles. The highest BCUT2D eigenvalue weighted by Gasteiger charge is 2.35. The van der Waals surface area contributed by atoms with E-state index in [1.807, 2.05) is 31.4 Å². The number of nitrogens with one attached hydrogen (secondary N) is 1. The SMILES string of the molecule is Cn1cc2c(n1)C(C(=O)NCCc1ccc(F)cc1)CN(C(=O)c1ccccc1)C2. The summed E-state index contributed by atoms with van der Waals surface area (Å²) in [6.07, 6.45) is 2.46. The third-order valence-electron chi connectivity index (χ3n) is 5.28. The third kappa shape index (κ3) is 4.25. The number of nitrogens with zero attached hydrogens (tertiary/aromatic N) is 3. The standard InChI is InChI=1S/C23H23FN4O2/c1-27-13-18-14-28(23(30)17-5-3-2-4-6-17)15-20(21(18)26-27)22(29)25-12-11-16-7-9-19(24)10-8-16/h2-10,13,20H,11-12,14-15H2,1H3,(H,25,29). The van der Waals surface area contributed by atoms with Crippen LogP contribution in [0.2, 0.25) is 0 Å². The van der Waals surface area contributed by atoms with Crippen molar-refractivity contribution < 1.29 is 14.0 Å². The lowest BCUT2D eigenvalue weighted by atomic mass is 9.95. The number of carbonyl (C=O) groups is 2. The number of aryl methyl sites for hydroxylation is 1. The molecule has 1 aliphatic rings. The molecule has 6 nitrogen and oxygen atoms in total. The Labute approximate surface area is 174 Å². The second-order valence-electron chi connectivity index (χ2n) is 7.49. The van der Waals surface area contributed by atoms with Crippen molar-refractivity contribution in [3.05, 3.63) is 89.0 Å². The van der Waals surface area contributed by atoms with Gasteiger partial charge in [0.1, 0.15) is 5.82 Å². The summed E-state index contributed by atoms with van der Waals surface area (Å²) in [6, 6.07) is 15.3. The van der Waals surface area contributed by atoms with Crippen LogP contribution in [0, 0.1) is 5.82 Å². The summed E-state index contributed by atoms with van der Waals surface area (Å²) in [5.74, 6) is -1.08. The fourth-order valence-corrected chi connectivity index (χ4v) is 3.78. The number of rotatable bonds is 5. The highest BCUT2D eigenvalue weighted by Crippen LogP contribution is 2.28. The molecule has 1 N–H and O–H groups in total. The van der Waals surface area contributed by atoms with Gasteiger partial charge in [0, 0.05) is 44.0 Å². The number of amides is 2. The lowest BCUT2D eigenvalue weighted by molar-refractivity contribution is -0.123. The van der Waals surface area contributed by atoms with Crippen LogP contribution in [0.15, 0.2) is 60.8 Å². The molecule has 2 aromatic carbocycles. The van der Waals surface area contributed by atoms with E-state index >= 15 is 0 Å². The van der Waals surface area contributed by atoms with Crippen LogP contribution in [0.3, 0.4) is 0 Å². The van der Waals surface area contributed by atoms with Crippen molar-refractivity contribution in [2.24, 2.45) is 7.05 Å². The molecule has 0 saturated heterocycles. The van der Waals surface area contributed by atoms with Crippen molar-refractivity contribution in [3.63, 3.8) is 0 Å². The molecule has 154 valence electrons. The van der Waals surface area contributed by atoms with E-state index in [2.05, 4.69) is 10.4 Å². The summed E-state index contributed by atoms with van der Waals surface area (Å²) in [6.45, 7) is 1.13. The largest absolute Gasteiger partial charge is 0.355 e. The number of carbonyl (C=O) groups excluding carboxylic acids is 2. The third-order valence-corrected chi connectivity index (χ3v) is 5.28. The number of halogens is 1. The van der Waals surface area contributed by atoms with Gasteiger partial charge in [-0.25, -0.2) is 4.39 Å². The van der Waals surface area contributed by atoms with E-state index in [0.717, 1.165) is 11.1 Å². The van der Waals surface area contributed by atoms with E-state index in [9.17, 15) is 14.0 Å². The highest BCUT2D eigenvalue weighted by molar-refractivity contribution is 5.95. The molecule has 0 saturated carbocycles. The van der Waals surface area contributed by atoms with Crippen LogP contribution in [0.25, 0.3) is 0 Å². The first-order valence-corrected chi connectivity index (χ1v) is 9.90. The molecule has 7 heteroatoms. The molecule has 1 unspecified atom stereocenters. The zero-order chi connectivity index (χ0) is 21.1. The Hall–Kier alpha value is -3.48. The van der Waals surface area contributed by atoms with Gasteiger partial charge in [-0.3, -0.25) is 14.3 Å². The summed E-state index contributed by atoms with van der Waals surface area (Å²) < 4.78 is 14.7. The number of hydrogen-bond donors (Lipinski definition) is 1. The lowest BCUT2D eigenvalue weighted by Gasteiger charge is -2.31. The van der Waals surface area contributed by atoms with Crippen molar-refractivity contribution >= 4 is 11.8 Å². The first-order chi connectivity index (χ1) is 14.5. The Morgan fingerprint density at radius 3 is 2.60 bits per heavy atom. The molecule has 0 radical (unpaired) electrons. The molecular formula is C23H23FN4O2. The van der Waals surface area contributed by atoms with Gasteiger partial charge in [-0.2, -0.15) is 5.10 Å². The minimum Gasteiger partial charge on any atom is -0.355 e. The average molecular weight is 406 g/mol. The Kier molecular flexibility index (Phi) is 5.61. The van der Waals surface area contributed by atoms with Crippen molar-refractivity contribution in [2.75, 3.05) is 13.1 Å². The topological polar surface area (TPSA) is 67.2 Å². The van der Waals surface area contributed by atoms with Gasteiger partial charge in [0.2, 0.25) is 5.91 Å². The van der Waals surface area contributed by atoms with Gasteiger partial charge >= 0.3 is 0 Å². The molecule has 30 heavy (non-hydrogen) atoms. The number of aromatic nitrogens is 2. The van der Waals surface area contributed by atoms with Gasteiger partial charge in [0.15, 0.2) is 0 Å². The lowest BCUT2D eigenvalue weighted by Crippen LogP contribution is -2.44. The molecule has 0 spiro atoms. The Bertz CT molecular complexity index is 1050. The summed E-state index contributed by atoms with van der Waals surface area (Å²) in [5.41, 5.74) is 3.14. The monoisotopic (exact) mass is 406 g/mol. The first kappa shape index (κ1) is 19.8. The Morgan fingerprint density at radius 1 is 1.13 bits per heavy atom. The summed E-state index contributed by atoms with van der Waals surface area (Å²) >= 11 is 0. The maximum Gasteiger partial charge on any atom is 0.254 e. The van der Waals surface area contributed by atoms with E-state index in [-0.39, 0.29) is 24.2 Å². The fourth-order valence-electron chi connectivity index (χ4n) is 3.78. The summed E-state index contributed by atoms with van der Waals surface area (Å²) in [4.78, 5) is 27.6. The molecule has 1 atom stereocenters. The van der Waals surface area contributed by atoms with Crippen LogP contribution >= 0.6 is 0 Å². The first-order valence-electron chi connectivity index (χ1n) is 9.90. The second-order valence-corrected chi connectivity index (χ2v) is 7.49. The normalized spacial score (nSPS) is 15.5. The quantitative estimate of drug-likeness (QED) is 0.708. The smallest absolute Gasteiger partial charge is 0.254 e. The van der Waals surface area contributed by atoms with Gasteiger partial charge in [-0.15, -0.1) is 0 Å². The predicted octanol–water partition coefficient (Wildman–Crippen LogP) is 2.66. The van der Waals surface area contributed by atoms with Crippen LogP contribution in [0.5, 0.6) is 0 Å². The minimum absolute atomic E-state index is 0.103. The van der Waals surface area contributed by atoms with E-state index in [1.54, 1.807) is 33.8 Å². The van der Waals surface area contributed by atoms with Crippen LogP contribution in [0.4, 0.5) is 4.39 Å². The average Bonchev–Trinajstić information content (AvgIpc) is 3.14. The van der Waals surface area contributed by atoms with E-state index in [4.69, 9.17) is 0 Å². The second kappa shape index (κ2) is 8.49. The van der Waals surface area contributed by atoms with Crippen LogP contribution in [-0.4, -0.2) is 39.6 Å². The number of benzene rings is 2. The molecule has 2 amide bonds. The van der Waals surface area contributed by atoms with Crippen molar-refractivity contribution in [1.82, 2.24) is 20.0 Å². The van der Waals surface area contributed by atoms with Crippen molar-refractivity contribution in [1.29, 1.82) is 0 Å². The van der Waals surface area contributed by atoms with Crippen LogP contribution in [-0.2, 0) is 24.8 Å². The highest BCUT2D eigenvalue weighted by atomic mass is 19.1. The maximum absolute atomic E-state index is 13.0. The summed E-state index contributed by atoms with van der Waals surface area (Å²) in [5, 5.41) is 7.42. The summed E-state index contributed by atoms with van der Waals surface area (Å²) in [7, 11) is 1.81. The van der Waals surface area contributed by atoms with E-state index < -0.39 is 5.92 Å². The molecular weight excluding hydrogens is 383 g/mol. The van der Waals surface area contributed by atoms with Crippen molar-refractivity contribution in [3.8, 4) is 0 Å². The molecule has 3 aromatic rings. The molecule has 1 aliphatic heterocycles. The predicted molar refractivity (Wildman–Crippen MR) is 110 cm³/mol. The number of fused-ring (bicyclic) bond motifs is 1. The zero-order valence-electron chi connectivity index (χ0n) is 16.7.